The summed E-state index contributed by atoms with van der Waals surface area (Å²) >= 11 is 0.957. The lowest BCUT2D eigenvalue weighted by molar-refractivity contribution is -0.137. The molecule has 9 nitrogen and oxygen atoms in total. The highest BCUT2D eigenvalue weighted by molar-refractivity contribution is 7.89. The van der Waals surface area contributed by atoms with Crippen molar-refractivity contribution < 1.29 is 26.4 Å². The lowest BCUT2D eigenvalue weighted by atomic mass is 10.1. The Morgan fingerprint density at radius 1 is 1.11 bits per heavy atom. The van der Waals surface area contributed by atoms with Crippen molar-refractivity contribution in [2.45, 2.75) is 43.8 Å². The lowest BCUT2D eigenvalue weighted by Crippen LogP contribution is -2.32. The zero-order valence-corrected chi connectivity index (χ0v) is 21.2. The summed E-state index contributed by atoms with van der Waals surface area (Å²) < 4.78 is 65.8. The Labute approximate surface area is 215 Å². The highest BCUT2D eigenvalue weighted by Gasteiger charge is 2.31. The van der Waals surface area contributed by atoms with Crippen molar-refractivity contribution in [1.82, 2.24) is 19.5 Å². The van der Waals surface area contributed by atoms with Crippen molar-refractivity contribution in [3.8, 4) is 16.6 Å². The summed E-state index contributed by atoms with van der Waals surface area (Å²) in [6.45, 7) is 2.28. The molecule has 2 aromatic heterocycles. The first-order chi connectivity index (χ1) is 17.5. The summed E-state index contributed by atoms with van der Waals surface area (Å²) in [5.41, 5.74) is -0.252. The fourth-order valence-corrected chi connectivity index (χ4v) is 6.17. The average molecular weight is 551 g/mol. The molecule has 1 aliphatic heterocycles. The number of benzene rings is 1. The summed E-state index contributed by atoms with van der Waals surface area (Å²) in [7, 11) is -3.94. The molecule has 1 saturated heterocycles. The van der Waals surface area contributed by atoms with E-state index in [1.54, 1.807) is 6.92 Å². The third-order valence-electron chi connectivity index (χ3n) is 5.76. The number of nitriles is 1. The maximum atomic E-state index is 13.0. The molecule has 1 aliphatic rings. The minimum atomic E-state index is -4.47. The predicted molar refractivity (Wildman–Crippen MR) is 129 cm³/mol. The molecule has 1 fully saturated rings. The molecule has 194 valence electrons. The van der Waals surface area contributed by atoms with Crippen LogP contribution in [0.15, 0.2) is 35.4 Å². The van der Waals surface area contributed by atoms with Gasteiger partial charge in [-0.1, -0.05) is 25.0 Å². The number of aryl methyl sites for hydroxylation is 1. The van der Waals surface area contributed by atoms with Gasteiger partial charge in [-0.25, -0.2) is 13.4 Å². The van der Waals surface area contributed by atoms with Gasteiger partial charge < -0.3 is 5.32 Å². The predicted octanol–water partition coefficient (Wildman–Crippen LogP) is 4.62. The van der Waals surface area contributed by atoms with Crippen molar-refractivity contribution >= 4 is 33.1 Å². The molecule has 0 spiro atoms. The van der Waals surface area contributed by atoms with Crippen LogP contribution in [0.2, 0.25) is 0 Å². The summed E-state index contributed by atoms with van der Waals surface area (Å²) in [4.78, 5) is 17.3. The van der Waals surface area contributed by atoms with Crippen LogP contribution < -0.4 is 5.32 Å². The molecule has 0 bridgehead atoms. The zero-order valence-electron chi connectivity index (χ0n) is 19.5. The lowest BCUT2D eigenvalue weighted by Gasteiger charge is -2.19. The van der Waals surface area contributed by atoms with Crippen molar-refractivity contribution in [2.75, 3.05) is 18.4 Å². The quantitative estimate of drug-likeness (QED) is 0.491. The summed E-state index contributed by atoms with van der Waals surface area (Å²) in [6, 6.07) is 7.32. The number of amides is 1. The number of nitrogens with one attached hydrogen (secondary N) is 1. The van der Waals surface area contributed by atoms with Gasteiger partial charge in [0.15, 0.2) is 10.8 Å². The zero-order chi connectivity index (χ0) is 26.8. The second-order valence-electron chi connectivity index (χ2n) is 8.34. The van der Waals surface area contributed by atoms with E-state index in [0.717, 1.165) is 55.2 Å². The van der Waals surface area contributed by atoms with Gasteiger partial charge >= 0.3 is 6.18 Å². The van der Waals surface area contributed by atoms with Crippen LogP contribution in [0.25, 0.3) is 10.6 Å². The molecule has 0 unspecified atom stereocenters. The Balaban J connectivity index is 1.55. The maximum Gasteiger partial charge on any atom is 0.416 e. The Morgan fingerprint density at radius 3 is 2.35 bits per heavy atom. The van der Waals surface area contributed by atoms with Gasteiger partial charge in [0.05, 0.1) is 16.8 Å². The topological polar surface area (TPSA) is 129 Å². The molecule has 3 heterocycles. The number of nitrogens with zero attached hydrogens (tertiary/aromatic N) is 5. The van der Waals surface area contributed by atoms with E-state index in [1.165, 1.54) is 16.4 Å². The van der Waals surface area contributed by atoms with Crippen LogP contribution >= 0.6 is 11.3 Å². The minimum absolute atomic E-state index is 0.154. The molecule has 14 heteroatoms. The SMILES string of the molecule is Cc1nc(-c2ccc(C(F)(F)F)cc2)sc1C(=O)Nc1nnc(S(=O)(=O)N2CCCCCC2)cc1C#N. The van der Waals surface area contributed by atoms with Crippen LogP contribution in [0.1, 0.15) is 52.2 Å². The van der Waals surface area contributed by atoms with Gasteiger partial charge in [-0.15, -0.1) is 21.5 Å². The van der Waals surface area contributed by atoms with Gasteiger partial charge in [0.1, 0.15) is 16.0 Å². The molecule has 0 saturated carbocycles. The number of anilines is 1. The molecule has 0 radical (unpaired) electrons. The third-order valence-corrected chi connectivity index (χ3v) is 8.73. The number of halogens is 3. The van der Waals surface area contributed by atoms with Crippen LogP contribution in [0.5, 0.6) is 0 Å². The molecule has 0 aliphatic carbocycles. The van der Waals surface area contributed by atoms with Crippen LogP contribution in [-0.2, 0) is 16.2 Å². The largest absolute Gasteiger partial charge is 0.416 e. The Kier molecular flexibility index (Phi) is 7.58. The highest BCUT2D eigenvalue weighted by atomic mass is 32.2. The van der Waals surface area contributed by atoms with E-state index >= 15 is 0 Å². The van der Waals surface area contributed by atoms with E-state index in [1.807, 2.05) is 6.07 Å². The van der Waals surface area contributed by atoms with E-state index in [-0.39, 0.29) is 21.3 Å². The van der Waals surface area contributed by atoms with Crippen LogP contribution in [0.4, 0.5) is 19.0 Å². The Morgan fingerprint density at radius 2 is 1.76 bits per heavy atom. The van der Waals surface area contributed by atoms with Crippen LogP contribution in [0, 0.1) is 18.3 Å². The number of thiazole rings is 1. The van der Waals surface area contributed by atoms with Gasteiger partial charge in [0, 0.05) is 24.7 Å². The van der Waals surface area contributed by atoms with E-state index in [2.05, 4.69) is 20.5 Å². The maximum absolute atomic E-state index is 13.0. The number of alkyl halides is 3. The number of sulfonamides is 1. The van der Waals surface area contributed by atoms with Gasteiger partial charge in [-0.2, -0.15) is 22.7 Å². The summed E-state index contributed by atoms with van der Waals surface area (Å²) in [6.07, 6.45) is -1.14. The number of hydrogen-bond donors (Lipinski definition) is 1. The summed E-state index contributed by atoms with van der Waals surface area (Å²) in [5, 5.41) is 19.5. The van der Waals surface area contributed by atoms with Crippen molar-refractivity contribution in [2.24, 2.45) is 0 Å². The first-order valence-corrected chi connectivity index (χ1v) is 13.5. The molecule has 1 amide bonds. The highest BCUT2D eigenvalue weighted by Crippen LogP contribution is 2.33. The van der Waals surface area contributed by atoms with Crippen molar-refractivity contribution in [3.05, 3.63) is 52.0 Å². The number of carbonyl (C=O) groups is 1. The van der Waals surface area contributed by atoms with Gasteiger partial charge in [-0.05, 0) is 31.9 Å². The average Bonchev–Trinajstić information content (AvgIpc) is 3.05. The number of carbonyl (C=O) groups excluding carboxylic acids is 1. The molecule has 1 N–H and O–H groups in total. The summed E-state index contributed by atoms with van der Waals surface area (Å²) in [5.74, 6) is -0.881. The standard InChI is InChI=1S/C23H21F3N6O3S2/c1-14-19(36-22(28-14)15-6-8-17(9-7-15)23(24,25)26)21(33)29-20-16(13-27)12-18(30-31-20)37(34,35)32-10-4-2-3-5-11-32/h6-9,12H,2-5,10-11H2,1H3,(H,29,31,33). The molecule has 3 aromatic rings. The monoisotopic (exact) mass is 550 g/mol. The number of aromatic nitrogens is 3. The normalized spacial score (nSPS) is 15.1. The van der Waals surface area contributed by atoms with Crippen molar-refractivity contribution in [1.29, 1.82) is 5.26 Å². The fourth-order valence-electron chi connectivity index (χ4n) is 3.79. The van der Waals surface area contributed by atoms with Crippen molar-refractivity contribution in [3.63, 3.8) is 0 Å². The van der Waals surface area contributed by atoms with Crippen LogP contribution in [-0.4, -0.2) is 46.9 Å². The first kappa shape index (κ1) is 26.6. The molecule has 0 atom stereocenters. The smallest absolute Gasteiger partial charge is 0.303 e. The third kappa shape index (κ3) is 5.79. The van der Waals surface area contributed by atoms with Gasteiger partial charge in [-0.3, -0.25) is 4.79 Å². The van der Waals surface area contributed by atoms with E-state index < -0.39 is 27.7 Å². The van der Waals surface area contributed by atoms with Gasteiger partial charge in [0.2, 0.25) is 0 Å². The molecule has 4 rings (SSSR count). The second-order valence-corrected chi connectivity index (χ2v) is 11.2. The first-order valence-electron chi connectivity index (χ1n) is 11.2. The molecular formula is C23H21F3N6O3S2. The van der Waals surface area contributed by atoms with Crippen LogP contribution in [0.3, 0.4) is 0 Å². The number of rotatable bonds is 5. The molecular weight excluding hydrogens is 529 g/mol. The second kappa shape index (κ2) is 10.5. The molecule has 1 aromatic carbocycles. The van der Waals surface area contributed by atoms with Gasteiger partial charge in [0.25, 0.3) is 15.9 Å². The number of hydrogen-bond acceptors (Lipinski definition) is 8. The van der Waals surface area contributed by atoms with E-state index in [9.17, 15) is 31.6 Å². The minimum Gasteiger partial charge on any atom is -0.303 e. The van der Waals surface area contributed by atoms with E-state index in [4.69, 9.17) is 0 Å². The molecule has 37 heavy (non-hydrogen) atoms. The Bertz CT molecular complexity index is 1460. The van der Waals surface area contributed by atoms with E-state index in [0.29, 0.717) is 29.4 Å². The Hall–Kier alpha value is -3.41. The fraction of sp³-hybridized carbons (Fsp3) is 0.348.